The molecule has 3 aromatic rings. The van der Waals surface area contributed by atoms with Crippen LogP contribution in [0, 0.1) is 0 Å². The third-order valence-electron chi connectivity index (χ3n) is 5.09. The molecule has 0 aliphatic rings. The number of nitrogens with one attached hydrogen (secondary N) is 2. The van der Waals surface area contributed by atoms with E-state index in [0.717, 1.165) is 23.0 Å². The lowest BCUT2D eigenvalue weighted by atomic mass is 10.2. The highest BCUT2D eigenvalue weighted by molar-refractivity contribution is 6.30. The van der Waals surface area contributed by atoms with Gasteiger partial charge in [0.15, 0.2) is 11.2 Å². The number of amides is 1. The van der Waals surface area contributed by atoms with Crippen molar-refractivity contribution in [3.8, 4) is 0 Å². The minimum absolute atomic E-state index is 0.00887. The predicted octanol–water partition coefficient (Wildman–Crippen LogP) is 1.85. The molecule has 0 spiro atoms. The quantitative estimate of drug-likeness (QED) is 0.488. The van der Waals surface area contributed by atoms with Crippen LogP contribution in [0.1, 0.15) is 31.7 Å². The van der Waals surface area contributed by atoms with Crippen LogP contribution in [0.2, 0.25) is 5.02 Å². The molecule has 31 heavy (non-hydrogen) atoms. The molecular formula is C21H27ClN6O3. The Labute approximate surface area is 184 Å². The Morgan fingerprint density at radius 2 is 1.81 bits per heavy atom. The number of imidazole rings is 1. The van der Waals surface area contributed by atoms with Crippen molar-refractivity contribution in [3.63, 3.8) is 0 Å². The van der Waals surface area contributed by atoms with E-state index < -0.39 is 11.2 Å². The molecule has 166 valence electrons. The summed E-state index contributed by atoms with van der Waals surface area (Å²) in [6.45, 7) is 3.25. The molecule has 0 fully saturated rings. The molecule has 0 saturated heterocycles. The normalized spacial score (nSPS) is 11.1. The molecule has 9 nitrogen and oxygen atoms in total. The molecule has 10 heteroatoms. The molecular weight excluding hydrogens is 420 g/mol. The van der Waals surface area contributed by atoms with Crippen molar-refractivity contribution >= 4 is 34.6 Å². The van der Waals surface area contributed by atoms with Crippen LogP contribution in [-0.2, 0) is 25.4 Å². The van der Waals surface area contributed by atoms with Crippen LogP contribution in [0.25, 0.3) is 11.2 Å². The number of unbranched alkanes of at least 4 members (excludes halogenated alkanes) is 1. The van der Waals surface area contributed by atoms with E-state index in [1.165, 1.54) is 11.6 Å². The molecule has 1 amide bonds. The summed E-state index contributed by atoms with van der Waals surface area (Å²) in [5.41, 5.74) is 0.699. The molecule has 0 radical (unpaired) electrons. The summed E-state index contributed by atoms with van der Waals surface area (Å²) in [4.78, 5) is 41.5. The highest BCUT2D eigenvalue weighted by Crippen LogP contribution is 2.19. The molecule has 0 bridgehead atoms. The van der Waals surface area contributed by atoms with E-state index in [1.807, 2.05) is 19.1 Å². The smallest absolute Gasteiger partial charge is 0.332 e. The van der Waals surface area contributed by atoms with Crippen LogP contribution in [-0.4, -0.2) is 37.7 Å². The van der Waals surface area contributed by atoms with Gasteiger partial charge in [-0.25, -0.2) is 4.79 Å². The van der Waals surface area contributed by atoms with Gasteiger partial charge in [-0.05, 0) is 24.1 Å². The first-order valence-electron chi connectivity index (χ1n) is 10.2. The van der Waals surface area contributed by atoms with Gasteiger partial charge in [0.2, 0.25) is 11.9 Å². The van der Waals surface area contributed by atoms with Gasteiger partial charge in [-0.2, -0.15) is 4.98 Å². The van der Waals surface area contributed by atoms with E-state index in [9.17, 15) is 14.4 Å². The van der Waals surface area contributed by atoms with Gasteiger partial charge in [-0.3, -0.25) is 23.3 Å². The molecule has 0 aliphatic carbocycles. The monoisotopic (exact) mass is 446 g/mol. The minimum atomic E-state index is -0.441. The van der Waals surface area contributed by atoms with Crippen LogP contribution in [0.3, 0.4) is 0 Å². The third-order valence-corrected chi connectivity index (χ3v) is 5.34. The number of hydrogen-bond donors (Lipinski definition) is 2. The van der Waals surface area contributed by atoms with E-state index in [1.54, 1.807) is 23.7 Å². The van der Waals surface area contributed by atoms with Gasteiger partial charge in [0, 0.05) is 38.6 Å². The predicted molar refractivity (Wildman–Crippen MR) is 122 cm³/mol. The first-order valence-corrected chi connectivity index (χ1v) is 10.6. The fourth-order valence-electron chi connectivity index (χ4n) is 3.31. The highest BCUT2D eigenvalue weighted by Gasteiger charge is 2.19. The van der Waals surface area contributed by atoms with Crippen molar-refractivity contribution in [3.05, 3.63) is 55.7 Å². The van der Waals surface area contributed by atoms with Crippen molar-refractivity contribution in [2.45, 2.75) is 32.7 Å². The first-order chi connectivity index (χ1) is 14.8. The van der Waals surface area contributed by atoms with Crippen LogP contribution in [0.5, 0.6) is 0 Å². The highest BCUT2D eigenvalue weighted by atomic mass is 35.5. The largest absolute Gasteiger partial charge is 0.354 e. The molecule has 0 aliphatic heterocycles. The number of anilines is 1. The fourth-order valence-corrected chi connectivity index (χ4v) is 3.44. The SMILES string of the molecule is CCCCC(=O)NCCNc1nc2c(c(=O)n(C)c(=O)n2C)n1Cc1ccc(Cl)cc1. The van der Waals surface area contributed by atoms with E-state index in [2.05, 4.69) is 15.6 Å². The van der Waals surface area contributed by atoms with Crippen molar-refractivity contribution in [1.29, 1.82) is 0 Å². The summed E-state index contributed by atoms with van der Waals surface area (Å²) in [5.74, 6) is 0.459. The number of benzene rings is 1. The number of nitrogens with zero attached hydrogens (tertiary/aromatic N) is 4. The van der Waals surface area contributed by atoms with Gasteiger partial charge in [0.25, 0.3) is 5.56 Å². The number of hydrogen-bond acceptors (Lipinski definition) is 5. The summed E-state index contributed by atoms with van der Waals surface area (Å²) >= 11 is 5.99. The van der Waals surface area contributed by atoms with Gasteiger partial charge >= 0.3 is 5.69 Å². The van der Waals surface area contributed by atoms with Crippen molar-refractivity contribution in [2.24, 2.45) is 14.1 Å². The maximum Gasteiger partial charge on any atom is 0.332 e. The number of aryl methyl sites for hydroxylation is 1. The van der Waals surface area contributed by atoms with Gasteiger partial charge in [-0.1, -0.05) is 37.1 Å². The summed E-state index contributed by atoms with van der Waals surface area (Å²) < 4.78 is 4.17. The molecule has 0 atom stereocenters. The number of carbonyl (C=O) groups excluding carboxylic acids is 1. The lowest BCUT2D eigenvalue weighted by molar-refractivity contribution is -0.121. The second-order valence-electron chi connectivity index (χ2n) is 7.41. The number of rotatable bonds is 9. The summed E-state index contributed by atoms with van der Waals surface area (Å²) in [7, 11) is 3.03. The lowest BCUT2D eigenvalue weighted by Crippen LogP contribution is -2.37. The van der Waals surface area contributed by atoms with Gasteiger partial charge < -0.3 is 10.6 Å². The number of halogens is 1. The second-order valence-corrected chi connectivity index (χ2v) is 7.84. The molecule has 1 aromatic carbocycles. The Hall–Kier alpha value is -3.07. The Morgan fingerprint density at radius 3 is 2.48 bits per heavy atom. The first kappa shape index (κ1) is 22.6. The van der Waals surface area contributed by atoms with Gasteiger partial charge in [0.05, 0.1) is 6.54 Å². The Bertz CT molecular complexity index is 1190. The average Bonchev–Trinajstić information content (AvgIpc) is 3.12. The van der Waals surface area contributed by atoms with Crippen molar-refractivity contribution in [2.75, 3.05) is 18.4 Å². The van der Waals surface area contributed by atoms with Crippen LogP contribution in [0.15, 0.2) is 33.9 Å². The minimum Gasteiger partial charge on any atom is -0.354 e. The van der Waals surface area contributed by atoms with Crippen molar-refractivity contribution in [1.82, 2.24) is 24.0 Å². The van der Waals surface area contributed by atoms with Gasteiger partial charge in [-0.15, -0.1) is 0 Å². The van der Waals surface area contributed by atoms with E-state index in [0.29, 0.717) is 48.2 Å². The topological polar surface area (TPSA) is 103 Å². The number of fused-ring (bicyclic) bond motifs is 1. The number of aromatic nitrogens is 4. The third kappa shape index (κ3) is 4.99. The Kier molecular flexibility index (Phi) is 7.17. The molecule has 0 unspecified atom stereocenters. The molecule has 3 rings (SSSR count). The van der Waals surface area contributed by atoms with Crippen LogP contribution in [0.4, 0.5) is 5.95 Å². The lowest BCUT2D eigenvalue weighted by Gasteiger charge is -2.12. The molecule has 2 aromatic heterocycles. The zero-order chi connectivity index (χ0) is 22.5. The molecule has 2 heterocycles. The van der Waals surface area contributed by atoms with Gasteiger partial charge in [0.1, 0.15) is 0 Å². The summed E-state index contributed by atoms with van der Waals surface area (Å²) in [5, 5.41) is 6.67. The summed E-state index contributed by atoms with van der Waals surface area (Å²) in [6, 6.07) is 7.31. The molecule has 2 N–H and O–H groups in total. The average molecular weight is 447 g/mol. The summed E-state index contributed by atoms with van der Waals surface area (Å²) in [6.07, 6.45) is 2.32. The standard InChI is InChI=1S/C21H27ClN6O3/c1-4-5-6-16(29)23-11-12-24-20-25-18-17(19(30)27(3)21(31)26(18)2)28(20)13-14-7-9-15(22)10-8-14/h7-10H,4-6,11-13H2,1-3H3,(H,23,29)(H,24,25). The maximum atomic E-state index is 12.9. The van der Waals surface area contributed by atoms with Crippen LogP contribution >= 0.6 is 11.6 Å². The van der Waals surface area contributed by atoms with E-state index in [-0.39, 0.29) is 5.91 Å². The van der Waals surface area contributed by atoms with Crippen LogP contribution < -0.4 is 21.9 Å². The fraction of sp³-hybridized carbons (Fsp3) is 0.429. The Balaban J connectivity index is 1.92. The second kappa shape index (κ2) is 9.82. The van der Waals surface area contributed by atoms with E-state index in [4.69, 9.17) is 11.6 Å². The van der Waals surface area contributed by atoms with Crippen molar-refractivity contribution < 1.29 is 4.79 Å². The molecule has 0 saturated carbocycles. The van der Waals surface area contributed by atoms with E-state index >= 15 is 0 Å². The maximum absolute atomic E-state index is 12.9. The number of carbonyl (C=O) groups is 1. The Morgan fingerprint density at radius 1 is 1.10 bits per heavy atom. The zero-order valence-electron chi connectivity index (χ0n) is 17.9. The zero-order valence-corrected chi connectivity index (χ0v) is 18.7.